The number of rotatable bonds is 0. The van der Waals surface area contributed by atoms with E-state index < -0.39 is 0 Å². The Labute approximate surface area is 92.4 Å². The molecule has 0 aliphatic carbocycles. The Hall–Kier alpha value is -0.546. The van der Waals surface area contributed by atoms with E-state index in [1.165, 1.54) is 12.1 Å². The van der Waals surface area contributed by atoms with E-state index >= 15 is 0 Å². The Morgan fingerprint density at radius 3 is 1.23 bits per heavy atom. The molecule has 5 heteroatoms. The van der Waals surface area contributed by atoms with Crippen molar-refractivity contribution in [3.63, 3.8) is 0 Å². The summed E-state index contributed by atoms with van der Waals surface area (Å²) in [4.78, 5) is 0. The van der Waals surface area contributed by atoms with Crippen molar-refractivity contribution in [3.8, 4) is 11.5 Å². The molecule has 1 aromatic carbocycles. The molecule has 0 amide bonds. The van der Waals surface area contributed by atoms with E-state index in [0.717, 1.165) is 14.2 Å². The summed E-state index contributed by atoms with van der Waals surface area (Å²) in [5.74, 6) is -0.153. The summed E-state index contributed by atoms with van der Waals surface area (Å²) in [6.07, 6.45) is 0. The fraction of sp³-hybridized carbons (Fsp3) is 0.250. The van der Waals surface area contributed by atoms with Crippen molar-refractivity contribution >= 4 is 0 Å². The SMILES string of the molecule is C[O-].C[O-].Oc1ccccc1O.[Ti+2]. The summed E-state index contributed by atoms with van der Waals surface area (Å²) in [7, 11) is 1.50. The van der Waals surface area contributed by atoms with E-state index in [4.69, 9.17) is 20.4 Å². The Morgan fingerprint density at radius 2 is 1.08 bits per heavy atom. The molecule has 0 aliphatic rings. The second-order valence-electron chi connectivity index (χ2n) is 1.49. The minimum Gasteiger partial charge on any atom is -0.857 e. The van der Waals surface area contributed by atoms with Crippen molar-refractivity contribution in [1.29, 1.82) is 0 Å². The molecule has 0 heterocycles. The van der Waals surface area contributed by atoms with Crippen LogP contribution in [0.3, 0.4) is 0 Å². The van der Waals surface area contributed by atoms with E-state index in [9.17, 15) is 0 Å². The van der Waals surface area contributed by atoms with Crippen LogP contribution in [0.15, 0.2) is 24.3 Å². The molecule has 0 spiro atoms. The summed E-state index contributed by atoms with van der Waals surface area (Å²) in [6.45, 7) is 0. The Morgan fingerprint density at radius 1 is 0.846 bits per heavy atom. The van der Waals surface area contributed by atoms with Gasteiger partial charge < -0.3 is 20.4 Å². The Balaban J connectivity index is -0.000000178. The zero-order chi connectivity index (χ0) is 9.98. The van der Waals surface area contributed by atoms with Crippen LogP contribution >= 0.6 is 0 Å². The van der Waals surface area contributed by atoms with Gasteiger partial charge in [0, 0.05) is 0 Å². The average Bonchev–Trinajstić information content (AvgIpc) is 2.17. The third kappa shape index (κ3) is 9.37. The number of hydrogen-bond donors (Lipinski definition) is 2. The second-order valence-corrected chi connectivity index (χ2v) is 1.49. The quantitative estimate of drug-likeness (QED) is 0.435. The molecular weight excluding hydrogens is 208 g/mol. The molecule has 0 unspecified atom stereocenters. The van der Waals surface area contributed by atoms with E-state index in [0.29, 0.717) is 0 Å². The number of aromatic hydroxyl groups is 2. The predicted molar refractivity (Wildman–Crippen MR) is 41.6 cm³/mol. The van der Waals surface area contributed by atoms with Gasteiger partial charge in [-0.15, -0.1) is 0 Å². The first kappa shape index (κ1) is 18.3. The van der Waals surface area contributed by atoms with Crippen molar-refractivity contribution in [3.05, 3.63) is 24.3 Å². The molecule has 0 saturated carbocycles. The van der Waals surface area contributed by atoms with E-state index in [2.05, 4.69) is 0 Å². The maximum absolute atomic E-state index is 8.67. The fourth-order valence-electron chi connectivity index (χ4n) is 0.464. The Bertz CT molecular complexity index is 172. The average molecular weight is 220 g/mol. The van der Waals surface area contributed by atoms with Gasteiger partial charge in [-0.25, -0.2) is 0 Å². The number of hydrogen-bond acceptors (Lipinski definition) is 4. The molecule has 0 aromatic heterocycles. The van der Waals surface area contributed by atoms with Crippen molar-refractivity contribution in [2.45, 2.75) is 0 Å². The number of phenolic OH excluding ortho intramolecular Hbond substituents is 2. The topological polar surface area (TPSA) is 86.6 Å². The first-order valence-electron chi connectivity index (χ1n) is 3.09. The first-order valence-corrected chi connectivity index (χ1v) is 3.09. The molecule has 2 N–H and O–H groups in total. The summed E-state index contributed by atoms with van der Waals surface area (Å²) in [5.41, 5.74) is 0. The summed E-state index contributed by atoms with van der Waals surface area (Å²) in [6, 6.07) is 6.15. The number of para-hydroxylation sites is 2. The maximum Gasteiger partial charge on any atom is 2.00 e. The molecule has 4 nitrogen and oxygen atoms in total. The maximum atomic E-state index is 8.67. The summed E-state index contributed by atoms with van der Waals surface area (Å²) < 4.78 is 0. The standard InChI is InChI=1S/C6H6O2.2CH3O.Ti/c7-5-3-1-2-4-6(5)8;2*1-2;/h1-4,7-8H;2*1H3;/q;2*-1;+2. The molecule has 0 fully saturated rings. The van der Waals surface area contributed by atoms with Gasteiger partial charge in [-0.3, -0.25) is 0 Å². The molecule has 0 atom stereocenters. The van der Waals surface area contributed by atoms with Gasteiger partial charge in [0.15, 0.2) is 11.5 Å². The first-order chi connectivity index (χ1) is 5.80. The molecule has 0 aliphatic heterocycles. The van der Waals surface area contributed by atoms with Crippen LogP contribution in [0.4, 0.5) is 0 Å². The van der Waals surface area contributed by atoms with Crippen LogP contribution in [0.1, 0.15) is 0 Å². The molecule has 13 heavy (non-hydrogen) atoms. The zero-order valence-electron chi connectivity index (χ0n) is 7.52. The van der Waals surface area contributed by atoms with Crippen LogP contribution in [-0.2, 0) is 21.7 Å². The zero-order valence-corrected chi connectivity index (χ0v) is 9.08. The summed E-state index contributed by atoms with van der Waals surface area (Å²) in [5, 5.41) is 33.8. The van der Waals surface area contributed by atoms with Gasteiger partial charge in [-0.05, 0) is 12.1 Å². The molecule has 72 valence electrons. The van der Waals surface area contributed by atoms with Crippen LogP contribution in [-0.4, -0.2) is 24.4 Å². The van der Waals surface area contributed by atoms with Crippen LogP contribution in [0.5, 0.6) is 11.5 Å². The van der Waals surface area contributed by atoms with Crippen molar-refractivity contribution < 1.29 is 42.1 Å². The number of benzene rings is 1. The van der Waals surface area contributed by atoms with Gasteiger partial charge in [0.25, 0.3) is 0 Å². The van der Waals surface area contributed by atoms with Crippen molar-refractivity contribution in [1.82, 2.24) is 0 Å². The predicted octanol–water partition coefficient (Wildman–Crippen LogP) is -0.952. The largest absolute Gasteiger partial charge is 2.00 e. The van der Waals surface area contributed by atoms with Gasteiger partial charge in [0.1, 0.15) is 0 Å². The van der Waals surface area contributed by atoms with E-state index in [1.54, 1.807) is 12.1 Å². The van der Waals surface area contributed by atoms with Gasteiger partial charge in [0.2, 0.25) is 0 Å². The van der Waals surface area contributed by atoms with Crippen LogP contribution in [0, 0.1) is 0 Å². The molecule has 0 radical (unpaired) electrons. The monoisotopic (exact) mass is 220 g/mol. The third-order valence-corrected chi connectivity index (χ3v) is 0.882. The normalized spacial score (nSPS) is 6.46. The molecule has 0 bridgehead atoms. The number of phenols is 2. The van der Waals surface area contributed by atoms with E-state index in [-0.39, 0.29) is 33.2 Å². The second kappa shape index (κ2) is 14.0. The molecular formula is C8H12O4Ti. The van der Waals surface area contributed by atoms with Gasteiger partial charge in [-0.2, -0.15) is 14.2 Å². The minimum atomic E-state index is -0.0764. The molecule has 0 saturated heterocycles. The summed E-state index contributed by atoms with van der Waals surface area (Å²) >= 11 is 0. The fourth-order valence-corrected chi connectivity index (χ4v) is 0.464. The minimum absolute atomic E-state index is 0. The smallest absolute Gasteiger partial charge is 0.857 e. The van der Waals surface area contributed by atoms with Gasteiger partial charge in [0.05, 0.1) is 0 Å². The molecule has 1 rings (SSSR count). The van der Waals surface area contributed by atoms with Crippen LogP contribution in [0.25, 0.3) is 0 Å². The Kier molecular flexibility index (Phi) is 19.7. The van der Waals surface area contributed by atoms with E-state index in [1.807, 2.05) is 0 Å². The van der Waals surface area contributed by atoms with Gasteiger partial charge >= 0.3 is 21.7 Å². The van der Waals surface area contributed by atoms with Gasteiger partial charge in [-0.1, -0.05) is 12.1 Å². The molecule has 1 aromatic rings. The van der Waals surface area contributed by atoms with Crippen LogP contribution in [0.2, 0.25) is 0 Å². The third-order valence-electron chi connectivity index (χ3n) is 0.882. The van der Waals surface area contributed by atoms with Crippen molar-refractivity contribution in [2.75, 3.05) is 14.2 Å². The van der Waals surface area contributed by atoms with Crippen LogP contribution < -0.4 is 10.2 Å². The van der Waals surface area contributed by atoms with Crippen molar-refractivity contribution in [2.24, 2.45) is 0 Å².